The number of rotatable bonds is 6. The van der Waals surface area contributed by atoms with E-state index < -0.39 is 10.0 Å². The molecule has 1 fully saturated rings. The van der Waals surface area contributed by atoms with E-state index in [9.17, 15) is 13.2 Å². The van der Waals surface area contributed by atoms with Crippen LogP contribution in [0.3, 0.4) is 0 Å². The number of para-hydroxylation sites is 2. The fraction of sp³-hybridized carbons (Fsp3) is 0.417. The lowest BCUT2D eigenvalue weighted by Gasteiger charge is -2.31. The number of oxazole rings is 1. The van der Waals surface area contributed by atoms with Gasteiger partial charge in [-0.05, 0) is 49.6 Å². The molecule has 2 heterocycles. The Morgan fingerprint density at radius 3 is 2.47 bits per heavy atom. The Bertz CT molecular complexity index is 1190. The minimum absolute atomic E-state index is 0.142. The van der Waals surface area contributed by atoms with Gasteiger partial charge in [0.05, 0.1) is 4.90 Å². The van der Waals surface area contributed by atoms with Crippen LogP contribution in [0.5, 0.6) is 0 Å². The van der Waals surface area contributed by atoms with Gasteiger partial charge in [0.1, 0.15) is 5.52 Å². The van der Waals surface area contributed by atoms with E-state index in [1.807, 2.05) is 38.1 Å². The first-order valence-electron chi connectivity index (χ1n) is 11.1. The third-order valence-corrected chi connectivity index (χ3v) is 8.39. The third kappa shape index (κ3) is 4.17. The van der Waals surface area contributed by atoms with Gasteiger partial charge >= 0.3 is 0 Å². The number of amides is 1. The Morgan fingerprint density at radius 2 is 1.81 bits per heavy atom. The molecule has 0 aliphatic carbocycles. The zero-order chi connectivity index (χ0) is 22.9. The van der Waals surface area contributed by atoms with Gasteiger partial charge in [-0.3, -0.25) is 4.79 Å². The van der Waals surface area contributed by atoms with Crippen molar-refractivity contribution in [3.8, 4) is 0 Å². The van der Waals surface area contributed by atoms with Crippen molar-refractivity contribution in [3.63, 3.8) is 0 Å². The van der Waals surface area contributed by atoms with Crippen molar-refractivity contribution in [1.82, 2.24) is 14.2 Å². The standard InChI is InChI=1S/C24H29N3O4S/c1-4-27(5-2)32(29,30)22-16-19(11-10-17(22)3)24(28)26-14-12-18(13-15-26)23-25-20-8-6-7-9-21(20)31-23/h6-11,16,18H,4-5,12-15H2,1-3H3. The first-order chi connectivity index (χ1) is 15.3. The topological polar surface area (TPSA) is 83.7 Å². The Balaban J connectivity index is 1.49. The Kier molecular flexibility index (Phi) is 6.35. The monoisotopic (exact) mass is 455 g/mol. The van der Waals surface area contributed by atoms with Crippen LogP contribution >= 0.6 is 0 Å². The molecular formula is C24H29N3O4S. The van der Waals surface area contributed by atoms with Gasteiger partial charge < -0.3 is 9.32 Å². The van der Waals surface area contributed by atoms with Crippen LogP contribution in [0.25, 0.3) is 11.1 Å². The summed E-state index contributed by atoms with van der Waals surface area (Å²) in [6.45, 7) is 7.32. The average Bonchev–Trinajstić information content (AvgIpc) is 3.24. The van der Waals surface area contributed by atoms with E-state index in [1.165, 1.54) is 10.4 Å². The number of sulfonamides is 1. The van der Waals surface area contributed by atoms with Crippen molar-refractivity contribution in [2.45, 2.75) is 44.4 Å². The van der Waals surface area contributed by atoms with Crippen LogP contribution < -0.4 is 0 Å². The van der Waals surface area contributed by atoms with Crippen LogP contribution in [0.4, 0.5) is 0 Å². The summed E-state index contributed by atoms with van der Waals surface area (Å²) in [6.07, 6.45) is 1.52. The molecule has 7 nitrogen and oxygen atoms in total. The predicted octanol–water partition coefficient (Wildman–Crippen LogP) is 4.19. The van der Waals surface area contributed by atoms with Gasteiger partial charge in [0, 0.05) is 37.7 Å². The number of likely N-dealkylation sites (tertiary alicyclic amines) is 1. The summed E-state index contributed by atoms with van der Waals surface area (Å²) in [6, 6.07) is 12.7. The smallest absolute Gasteiger partial charge is 0.253 e. The van der Waals surface area contributed by atoms with Crippen LogP contribution in [0.2, 0.25) is 0 Å². The molecule has 1 aromatic heterocycles. The first-order valence-corrected chi connectivity index (χ1v) is 12.5. The van der Waals surface area contributed by atoms with Crippen LogP contribution in [-0.4, -0.2) is 54.7 Å². The highest BCUT2D eigenvalue weighted by atomic mass is 32.2. The molecule has 1 aliphatic rings. The number of piperidine rings is 1. The Morgan fingerprint density at radius 1 is 1.12 bits per heavy atom. The van der Waals surface area contributed by atoms with Crippen molar-refractivity contribution >= 4 is 27.0 Å². The largest absolute Gasteiger partial charge is 0.440 e. The molecule has 0 spiro atoms. The molecule has 3 aromatic rings. The summed E-state index contributed by atoms with van der Waals surface area (Å²) < 4.78 is 33.4. The predicted molar refractivity (Wildman–Crippen MR) is 123 cm³/mol. The second-order valence-corrected chi connectivity index (χ2v) is 10.1. The number of hydrogen-bond acceptors (Lipinski definition) is 5. The van der Waals surface area contributed by atoms with Crippen molar-refractivity contribution < 1.29 is 17.6 Å². The van der Waals surface area contributed by atoms with Gasteiger partial charge in [0.15, 0.2) is 11.5 Å². The fourth-order valence-electron chi connectivity index (χ4n) is 4.29. The molecule has 2 aromatic carbocycles. The van der Waals surface area contributed by atoms with E-state index >= 15 is 0 Å². The molecule has 1 amide bonds. The van der Waals surface area contributed by atoms with Gasteiger partial charge in [-0.2, -0.15) is 4.31 Å². The molecule has 1 saturated heterocycles. The average molecular weight is 456 g/mol. The second-order valence-electron chi connectivity index (χ2n) is 8.16. The highest BCUT2D eigenvalue weighted by molar-refractivity contribution is 7.89. The quantitative estimate of drug-likeness (QED) is 0.557. The third-order valence-electron chi connectivity index (χ3n) is 6.20. The number of aromatic nitrogens is 1. The number of nitrogens with zero attached hydrogens (tertiary/aromatic N) is 3. The van der Waals surface area contributed by atoms with E-state index in [1.54, 1.807) is 24.0 Å². The van der Waals surface area contributed by atoms with Gasteiger partial charge in [-0.15, -0.1) is 0 Å². The fourth-order valence-corrected chi connectivity index (χ4v) is 6.00. The second kappa shape index (κ2) is 9.03. The molecule has 1 aliphatic heterocycles. The lowest BCUT2D eigenvalue weighted by atomic mass is 9.96. The lowest BCUT2D eigenvalue weighted by molar-refractivity contribution is 0.0706. The van der Waals surface area contributed by atoms with E-state index in [-0.39, 0.29) is 16.7 Å². The summed E-state index contributed by atoms with van der Waals surface area (Å²) in [5.41, 5.74) is 2.68. The maximum atomic E-state index is 13.2. The molecule has 8 heteroatoms. The highest BCUT2D eigenvalue weighted by Crippen LogP contribution is 2.31. The van der Waals surface area contributed by atoms with Crippen molar-refractivity contribution in [1.29, 1.82) is 0 Å². The molecule has 0 N–H and O–H groups in total. The summed E-state index contributed by atoms with van der Waals surface area (Å²) in [4.78, 5) is 19.8. The zero-order valence-electron chi connectivity index (χ0n) is 18.7. The summed E-state index contributed by atoms with van der Waals surface area (Å²) >= 11 is 0. The molecular weight excluding hydrogens is 426 g/mol. The van der Waals surface area contributed by atoms with Crippen molar-refractivity contribution in [2.24, 2.45) is 0 Å². The maximum Gasteiger partial charge on any atom is 0.253 e. The van der Waals surface area contributed by atoms with E-state index in [0.29, 0.717) is 37.3 Å². The van der Waals surface area contributed by atoms with Crippen LogP contribution in [-0.2, 0) is 10.0 Å². The Hall–Kier alpha value is -2.71. The van der Waals surface area contributed by atoms with Crippen molar-refractivity contribution in [2.75, 3.05) is 26.2 Å². The summed E-state index contributed by atoms with van der Waals surface area (Å²) in [5.74, 6) is 0.751. The van der Waals surface area contributed by atoms with E-state index in [2.05, 4.69) is 4.98 Å². The maximum absolute atomic E-state index is 13.2. The molecule has 0 bridgehead atoms. The first kappa shape index (κ1) is 22.5. The molecule has 0 unspecified atom stereocenters. The number of hydrogen-bond donors (Lipinski definition) is 0. The molecule has 0 radical (unpaired) electrons. The summed E-state index contributed by atoms with van der Waals surface area (Å²) in [7, 11) is -3.63. The number of carbonyl (C=O) groups excluding carboxylic acids is 1. The SMILES string of the molecule is CCN(CC)S(=O)(=O)c1cc(C(=O)N2CCC(c3nc4ccccc4o3)CC2)ccc1C. The minimum Gasteiger partial charge on any atom is -0.440 e. The van der Waals surface area contributed by atoms with Gasteiger partial charge in [-0.1, -0.05) is 32.0 Å². The molecule has 0 atom stereocenters. The van der Waals surface area contributed by atoms with Gasteiger partial charge in [0.2, 0.25) is 10.0 Å². The minimum atomic E-state index is -3.63. The number of carbonyl (C=O) groups is 1. The van der Waals surface area contributed by atoms with E-state index in [0.717, 1.165) is 29.8 Å². The zero-order valence-corrected chi connectivity index (χ0v) is 19.6. The Labute approximate surface area is 189 Å². The number of fused-ring (bicyclic) bond motifs is 1. The van der Waals surface area contributed by atoms with Gasteiger partial charge in [-0.25, -0.2) is 13.4 Å². The van der Waals surface area contributed by atoms with E-state index in [4.69, 9.17) is 4.42 Å². The highest BCUT2D eigenvalue weighted by Gasteiger charge is 2.29. The molecule has 32 heavy (non-hydrogen) atoms. The lowest BCUT2D eigenvalue weighted by Crippen LogP contribution is -2.38. The molecule has 4 rings (SSSR count). The number of aryl methyl sites for hydroxylation is 1. The van der Waals surface area contributed by atoms with Crippen LogP contribution in [0, 0.1) is 6.92 Å². The summed E-state index contributed by atoms with van der Waals surface area (Å²) in [5, 5.41) is 0. The van der Waals surface area contributed by atoms with Crippen molar-refractivity contribution in [3.05, 3.63) is 59.5 Å². The van der Waals surface area contributed by atoms with Gasteiger partial charge in [0.25, 0.3) is 5.91 Å². The van der Waals surface area contributed by atoms with Crippen LogP contribution in [0.15, 0.2) is 51.8 Å². The van der Waals surface area contributed by atoms with Crippen LogP contribution in [0.1, 0.15) is 54.4 Å². The normalized spacial score (nSPS) is 15.6. The molecule has 0 saturated carbocycles. The number of benzene rings is 2. The molecule has 170 valence electrons.